The second kappa shape index (κ2) is 7.38. The number of nitrogens with one attached hydrogen (secondary N) is 1. The van der Waals surface area contributed by atoms with Gasteiger partial charge in [-0.3, -0.25) is 0 Å². The smallest absolute Gasteiger partial charge is 0.0476 e. The van der Waals surface area contributed by atoms with Gasteiger partial charge in [0, 0.05) is 46.7 Å². The summed E-state index contributed by atoms with van der Waals surface area (Å²) in [5.41, 5.74) is 1.13. The molecule has 4 rings (SSSR count). The maximum absolute atomic E-state index is 5.99. The molecule has 0 aliphatic rings. The van der Waals surface area contributed by atoms with Crippen molar-refractivity contribution in [1.29, 1.82) is 0 Å². The van der Waals surface area contributed by atoms with Gasteiger partial charge in [-0.1, -0.05) is 46.7 Å². The number of hydrogen-bond acceptors (Lipinski definition) is 2. The maximum atomic E-state index is 5.99. The Hall–Kier alpha value is -1.52. The van der Waals surface area contributed by atoms with E-state index in [2.05, 4.69) is 23.2 Å². The van der Waals surface area contributed by atoms with Gasteiger partial charge >= 0.3 is 0 Å². The minimum absolute atomic E-state index is 0.753. The number of aromatic nitrogens is 1. The highest BCUT2D eigenvalue weighted by molar-refractivity contribution is 8.00. The SMILES string of the molecule is Clc1ccc(Sc2cc(Sc3ccc(Cl)cc3)c3cc[nH]c3c2)cc1. The molecule has 0 atom stereocenters. The monoisotopic (exact) mass is 401 g/mol. The molecule has 3 aromatic carbocycles. The molecule has 0 amide bonds. The Labute approximate surface area is 164 Å². The average Bonchev–Trinajstić information content (AvgIpc) is 3.08. The molecule has 0 saturated carbocycles. The Balaban J connectivity index is 1.69. The summed E-state index contributed by atoms with van der Waals surface area (Å²) in [6, 6.07) is 22.4. The van der Waals surface area contributed by atoms with Gasteiger partial charge in [0.2, 0.25) is 0 Å². The summed E-state index contributed by atoms with van der Waals surface area (Å²) in [5.74, 6) is 0. The predicted molar refractivity (Wildman–Crippen MR) is 109 cm³/mol. The van der Waals surface area contributed by atoms with Gasteiger partial charge in [-0.05, 0) is 66.7 Å². The van der Waals surface area contributed by atoms with Gasteiger partial charge in [-0.15, -0.1) is 0 Å². The van der Waals surface area contributed by atoms with Crippen LogP contribution in [0.5, 0.6) is 0 Å². The molecule has 1 N–H and O–H groups in total. The molecule has 124 valence electrons. The van der Waals surface area contributed by atoms with Crippen LogP contribution in [0, 0.1) is 0 Å². The third kappa shape index (κ3) is 4.01. The summed E-state index contributed by atoms with van der Waals surface area (Å²) in [6.07, 6.45) is 1.98. The van der Waals surface area contributed by atoms with Crippen LogP contribution in [-0.2, 0) is 0 Å². The van der Waals surface area contributed by atoms with E-state index in [-0.39, 0.29) is 0 Å². The van der Waals surface area contributed by atoms with Crippen molar-refractivity contribution in [2.24, 2.45) is 0 Å². The number of aromatic amines is 1. The van der Waals surface area contributed by atoms with Crippen molar-refractivity contribution < 1.29 is 0 Å². The molecule has 0 spiro atoms. The average molecular weight is 402 g/mol. The van der Waals surface area contributed by atoms with Crippen molar-refractivity contribution in [3.05, 3.63) is 83.0 Å². The van der Waals surface area contributed by atoms with E-state index in [1.807, 2.05) is 54.7 Å². The Kier molecular flexibility index (Phi) is 5.00. The second-order valence-electron chi connectivity index (χ2n) is 5.47. The van der Waals surface area contributed by atoms with Crippen molar-refractivity contribution in [3.63, 3.8) is 0 Å². The first-order chi connectivity index (χ1) is 12.2. The lowest BCUT2D eigenvalue weighted by Gasteiger charge is -2.08. The number of H-pyrrole nitrogens is 1. The molecule has 1 aromatic heterocycles. The number of halogens is 2. The predicted octanol–water partition coefficient (Wildman–Crippen LogP) is 7.78. The van der Waals surface area contributed by atoms with E-state index in [0.717, 1.165) is 20.5 Å². The lowest BCUT2D eigenvalue weighted by Crippen LogP contribution is -1.80. The van der Waals surface area contributed by atoms with E-state index in [1.165, 1.54) is 20.1 Å². The zero-order valence-electron chi connectivity index (χ0n) is 13.0. The van der Waals surface area contributed by atoms with Crippen molar-refractivity contribution >= 4 is 57.6 Å². The fourth-order valence-corrected chi connectivity index (χ4v) is 4.74. The molecule has 1 heterocycles. The first-order valence-corrected chi connectivity index (χ1v) is 10.0. The summed E-state index contributed by atoms with van der Waals surface area (Å²) in [7, 11) is 0. The molecule has 0 aliphatic carbocycles. The van der Waals surface area contributed by atoms with Crippen LogP contribution >= 0.6 is 46.7 Å². The fraction of sp³-hybridized carbons (Fsp3) is 0. The van der Waals surface area contributed by atoms with E-state index in [9.17, 15) is 0 Å². The third-order valence-electron chi connectivity index (χ3n) is 3.70. The summed E-state index contributed by atoms with van der Waals surface area (Å²) in [5, 5.41) is 2.73. The zero-order valence-corrected chi connectivity index (χ0v) is 16.1. The summed E-state index contributed by atoms with van der Waals surface area (Å²) < 4.78 is 0. The first kappa shape index (κ1) is 16.9. The van der Waals surface area contributed by atoms with Crippen LogP contribution in [0.4, 0.5) is 0 Å². The molecule has 0 fully saturated rings. The summed E-state index contributed by atoms with van der Waals surface area (Å²) in [4.78, 5) is 8.06. The quantitative estimate of drug-likeness (QED) is 0.375. The van der Waals surface area contributed by atoms with Gasteiger partial charge in [0.25, 0.3) is 0 Å². The number of benzene rings is 3. The van der Waals surface area contributed by atoms with Crippen molar-refractivity contribution in [3.8, 4) is 0 Å². The largest absolute Gasteiger partial charge is 0.361 e. The molecule has 0 bridgehead atoms. The topological polar surface area (TPSA) is 15.8 Å². The summed E-state index contributed by atoms with van der Waals surface area (Å²) in [6.45, 7) is 0. The first-order valence-electron chi connectivity index (χ1n) is 7.65. The van der Waals surface area contributed by atoms with E-state index in [1.54, 1.807) is 23.5 Å². The highest BCUT2D eigenvalue weighted by atomic mass is 35.5. The molecule has 5 heteroatoms. The lowest BCUT2D eigenvalue weighted by molar-refractivity contribution is 1.34. The molecular formula is C20H13Cl2NS2. The number of rotatable bonds is 4. The molecule has 0 radical (unpaired) electrons. The number of fused-ring (bicyclic) bond motifs is 1. The molecular weight excluding hydrogens is 389 g/mol. The highest BCUT2D eigenvalue weighted by Crippen LogP contribution is 2.39. The van der Waals surface area contributed by atoms with Gasteiger partial charge in [0.05, 0.1) is 0 Å². The molecule has 25 heavy (non-hydrogen) atoms. The Bertz CT molecular complexity index is 1010. The van der Waals surface area contributed by atoms with Crippen LogP contribution < -0.4 is 0 Å². The normalized spacial score (nSPS) is 11.1. The lowest BCUT2D eigenvalue weighted by atomic mass is 10.2. The van der Waals surface area contributed by atoms with Gasteiger partial charge in [0.15, 0.2) is 0 Å². The molecule has 0 aliphatic heterocycles. The van der Waals surface area contributed by atoms with E-state index < -0.39 is 0 Å². The minimum Gasteiger partial charge on any atom is -0.361 e. The molecule has 0 unspecified atom stereocenters. The van der Waals surface area contributed by atoms with E-state index in [0.29, 0.717) is 0 Å². The van der Waals surface area contributed by atoms with Crippen LogP contribution in [0.2, 0.25) is 10.0 Å². The van der Waals surface area contributed by atoms with Gasteiger partial charge in [-0.25, -0.2) is 0 Å². The van der Waals surface area contributed by atoms with Crippen molar-refractivity contribution in [2.75, 3.05) is 0 Å². The fourth-order valence-electron chi connectivity index (χ4n) is 2.52. The standard InChI is InChI=1S/C20H13Cl2NS2/c21-13-1-5-15(6-2-13)24-17-11-19-18(9-10-23-19)20(12-17)25-16-7-3-14(22)4-8-16/h1-12,23H. The minimum atomic E-state index is 0.753. The molecule has 1 nitrogen and oxygen atoms in total. The van der Waals surface area contributed by atoms with Crippen LogP contribution in [0.25, 0.3) is 10.9 Å². The Morgan fingerprint density at radius 2 is 1.24 bits per heavy atom. The van der Waals surface area contributed by atoms with Crippen LogP contribution in [0.15, 0.2) is 92.5 Å². The summed E-state index contributed by atoms with van der Waals surface area (Å²) >= 11 is 15.4. The van der Waals surface area contributed by atoms with E-state index >= 15 is 0 Å². The third-order valence-corrected chi connectivity index (χ3v) is 6.24. The Morgan fingerprint density at radius 1 is 0.640 bits per heavy atom. The van der Waals surface area contributed by atoms with Crippen LogP contribution in [-0.4, -0.2) is 4.98 Å². The highest BCUT2D eigenvalue weighted by Gasteiger charge is 2.08. The molecule has 0 saturated heterocycles. The van der Waals surface area contributed by atoms with Crippen LogP contribution in [0.3, 0.4) is 0 Å². The van der Waals surface area contributed by atoms with Gasteiger partial charge < -0.3 is 4.98 Å². The van der Waals surface area contributed by atoms with Crippen molar-refractivity contribution in [2.45, 2.75) is 19.6 Å². The second-order valence-corrected chi connectivity index (χ2v) is 8.61. The molecule has 4 aromatic rings. The van der Waals surface area contributed by atoms with Crippen LogP contribution in [0.1, 0.15) is 0 Å². The van der Waals surface area contributed by atoms with Crippen molar-refractivity contribution in [1.82, 2.24) is 4.98 Å². The maximum Gasteiger partial charge on any atom is 0.0476 e. The Morgan fingerprint density at radius 3 is 1.88 bits per heavy atom. The van der Waals surface area contributed by atoms with Gasteiger partial charge in [0.1, 0.15) is 0 Å². The van der Waals surface area contributed by atoms with E-state index in [4.69, 9.17) is 23.2 Å². The zero-order chi connectivity index (χ0) is 17.2. The number of hydrogen-bond donors (Lipinski definition) is 1. The van der Waals surface area contributed by atoms with Gasteiger partial charge in [-0.2, -0.15) is 0 Å².